The third-order valence-electron chi connectivity index (χ3n) is 6.04. The van der Waals surface area contributed by atoms with Crippen LogP contribution in [0.4, 0.5) is 5.69 Å². The zero-order valence-corrected chi connectivity index (χ0v) is 18.4. The largest absolute Gasteiger partial charge is 0.493 e. The van der Waals surface area contributed by atoms with E-state index in [4.69, 9.17) is 9.47 Å². The Morgan fingerprint density at radius 2 is 1.76 bits per heavy atom. The number of anilines is 1. The van der Waals surface area contributed by atoms with E-state index in [2.05, 4.69) is 11.1 Å². The Labute approximate surface area is 191 Å². The number of nitrogens with zero attached hydrogens (tertiary/aromatic N) is 3. The molecular weight excluding hydrogens is 418 g/mol. The van der Waals surface area contributed by atoms with Gasteiger partial charge in [0, 0.05) is 24.6 Å². The molecule has 0 atom stereocenters. The van der Waals surface area contributed by atoms with Crippen molar-refractivity contribution in [1.82, 2.24) is 9.88 Å². The first-order valence-electron chi connectivity index (χ1n) is 10.7. The number of hydrogen-bond acceptors (Lipinski definition) is 6. The van der Waals surface area contributed by atoms with Crippen molar-refractivity contribution in [3.63, 3.8) is 0 Å². The fourth-order valence-corrected chi connectivity index (χ4v) is 4.45. The van der Waals surface area contributed by atoms with Crippen molar-refractivity contribution in [1.29, 1.82) is 0 Å². The van der Waals surface area contributed by atoms with Crippen LogP contribution >= 0.6 is 0 Å². The van der Waals surface area contributed by atoms with E-state index in [9.17, 15) is 9.59 Å². The summed E-state index contributed by atoms with van der Waals surface area (Å²) in [5, 5.41) is 0. The maximum Gasteiger partial charge on any atom is 0.278 e. The van der Waals surface area contributed by atoms with Gasteiger partial charge in [-0.2, -0.15) is 0 Å². The average molecular weight is 441 g/mol. The molecule has 2 amide bonds. The van der Waals surface area contributed by atoms with Crippen LogP contribution in [0.5, 0.6) is 11.5 Å². The number of methoxy groups -OCH3 is 2. The van der Waals surface area contributed by atoms with E-state index in [1.54, 1.807) is 50.9 Å². The van der Waals surface area contributed by atoms with Crippen molar-refractivity contribution in [2.75, 3.05) is 25.7 Å². The molecule has 5 rings (SSSR count). The molecule has 2 aliphatic rings. The van der Waals surface area contributed by atoms with Crippen LogP contribution in [0.2, 0.25) is 0 Å². The summed E-state index contributed by atoms with van der Waals surface area (Å²) in [5.74, 6) is 0.398. The molecule has 0 bridgehead atoms. The first kappa shape index (κ1) is 20.8. The Bertz CT molecular complexity index is 1270. The summed E-state index contributed by atoms with van der Waals surface area (Å²) in [6.45, 7) is 0.784. The van der Waals surface area contributed by atoms with Gasteiger partial charge in [0.05, 0.1) is 26.3 Å². The smallest absolute Gasteiger partial charge is 0.278 e. The molecule has 7 heteroatoms. The van der Waals surface area contributed by atoms with E-state index in [-0.39, 0.29) is 18.4 Å². The maximum atomic E-state index is 13.7. The van der Waals surface area contributed by atoms with Gasteiger partial charge >= 0.3 is 0 Å². The van der Waals surface area contributed by atoms with Crippen LogP contribution in [-0.4, -0.2) is 42.5 Å². The second kappa shape index (κ2) is 8.43. The molecule has 0 spiro atoms. The molecule has 0 unspecified atom stereocenters. The minimum atomic E-state index is -0.338. The number of aromatic nitrogens is 1. The van der Waals surface area contributed by atoms with Crippen molar-refractivity contribution in [3.05, 3.63) is 89.4 Å². The van der Waals surface area contributed by atoms with Crippen LogP contribution in [0.15, 0.2) is 72.7 Å². The summed E-state index contributed by atoms with van der Waals surface area (Å²) in [4.78, 5) is 34.8. The number of carbonyl (C=O) groups is 2. The van der Waals surface area contributed by atoms with Crippen LogP contribution in [0.3, 0.4) is 0 Å². The Morgan fingerprint density at radius 1 is 0.939 bits per heavy atom. The average Bonchev–Trinajstić information content (AvgIpc) is 3.38. The van der Waals surface area contributed by atoms with Crippen LogP contribution in [-0.2, 0) is 22.6 Å². The molecule has 7 nitrogen and oxygen atoms in total. The van der Waals surface area contributed by atoms with Gasteiger partial charge in [0.2, 0.25) is 0 Å². The van der Waals surface area contributed by atoms with E-state index in [1.165, 1.54) is 4.90 Å². The fraction of sp³-hybridized carbons (Fsp3) is 0.192. The minimum absolute atomic E-state index is 0.154. The molecular formula is C26H23N3O4. The van der Waals surface area contributed by atoms with Crippen LogP contribution < -0.4 is 14.4 Å². The number of imide groups is 1. The Balaban J connectivity index is 1.64. The summed E-state index contributed by atoms with van der Waals surface area (Å²) < 4.78 is 10.8. The zero-order chi connectivity index (χ0) is 22.9. The molecule has 1 aromatic heterocycles. The Morgan fingerprint density at radius 3 is 2.52 bits per heavy atom. The number of fused-ring (bicyclic) bond motifs is 1. The van der Waals surface area contributed by atoms with Crippen molar-refractivity contribution < 1.29 is 19.1 Å². The number of carbonyl (C=O) groups excluding carboxylic acids is 2. The van der Waals surface area contributed by atoms with Gasteiger partial charge in [-0.3, -0.25) is 19.5 Å². The van der Waals surface area contributed by atoms with Gasteiger partial charge < -0.3 is 14.4 Å². The van der Waals surface area contributed by atoms with Gasteiger partial charge in [-0.1, -0.05) is 30.3 Å². The lowest BCUT2D eigenvalue weighted by Gasteiger charge is -2.22. The normalized spacial score (nSPS) is 15.3. The molecule has 33 heavy (non-hydrogen) atoms. The highest BCUT2D eigenvalue weighted by molar-refractivity contribution is 6.36. The van der Waals surface area contributed by atoms with Gasteiger partial charge in [0.25, 0.3) is 11.8 Å². The third-order valence-corrected chi connectivity index (χ3v) is 6.04. The van der Waals surface area contributed by atoms with E-state index in [1.807, 2.05) is 29.2 Å². The predicted octanol–water partition coefficient (Wildman–Crippen LogP) is 3.44. The summed E-state index contributed by atoms with van der Waals surface area (Å²) >= 11 is 0. The first-order chi connectivity index (χ1) is 16.1. The molecule has 0 aliphatic carbocycles. The summed E-state index contributed by atoms with van der Waals surface area (Å²) in [6.07, 6.45) is 4.14. The SMILES string of the molecule is COc1ccc(C2=C(N3CCc4ccccc43)C(=O)N(Cc3cccnc3)C2=O)cc1OC. The number of amides is 2. The standard InChI is InChI=1S/C26H23N3O4/c1-32-21-10-9-19(14-22(21)33-2)23-24(28-13-11-18-7-3-4-8-20(18)28)26(31)29(25(23)30)16-17-6-5-12-27-15-17/h3-10,12,14-15H,11,13,16H2,1-2H3. The Kier molecular flexibility index (Phi) is 5.30. The zero-order valence-electron chi connectivity index (χ0n) is 18.4. The van der Waals surface area contributed by atoms with Crippen molar-refractivity contribution in [2.45, 2.75) is 13.0 Å². The second-order valence-corrected chi connectivity index (χ2v) is 7.88. The molecule has 0 saturated heterocycles. The number of pyridine rings is 1. The molecule has 0 N–H and O–H groups in total. The lowest BCUT2D eigenvalue weighted by Crippen LogP contribution is -2.34. The second-order valence-electron chi connectivity index (χ2n) is 7.88. The molecule has 0 radical (unpaired) electrons. The fourth-order valence-electron chi connectivity index (χ4n) is 4.45. The number of benzene rings is 2. The van der Waals surface area contributed by atoms with Crippen LogP contribution in [0.1, 0.15) is 16.7 Å². The minimum Gasteiger partial charge on any atom is -0.493 e. The molecule has 2 aromatic carbocycles. The van der Waals surface area contributed by atoms with E-state index < -0.39 is 0 Å². The quantitative estimate of drug-likeness (QED) is 0.546. The van der Waals surface area contributed by atoms with Crippen molar-refractivity contribution in [2.24, 2.45) is 0 Å². The lowest BCUT2D eigenvalue weighted by molar-refractivity contribution is -0.137. The molecule has 0 saturated carbocycles. The van der Waals surface area contributed by atoms with Gasteiger partial charge in [0.1, 0.15) is 5.70 Å². The highest BCUT2D eigenvalue weighted by Gasteiger charge is 2.43. The summed E-state index contributed by atoms with van der Waals surface area (Å²) in [7, 11) is 3.10. The van der Waals surface area contributed by atoms with E-state index in [0.717, 1.165) is 23.2 Å². The van der Waals surface area contributed by atoms with Gasteiger partial charge in [-0.15, -0.1) is 0 Å². The number of hydrogen-bond donors (Lipinski definition) is 0. The highest BCUT2D eigenvalue weighted by Crippen LogP contribution is 2.40. The molecule has 0 fully saturated rings. The Hall–Kier alpha value is -4.13. The third kappa shape index (κ3) is 3.51. The topological polar surface area (TPSA) is 72.0 Å². The molecule has 2 aliphatic heterocycles. The van der Waals surface area contributed by atoms with Gasteiger partial charge in [-0.25, -0.2) is 0 Å². The molecule has 166 valence electrons. The monoisotopic (exact) mass is 441 g/mol. The highest BCUT2D eigenvalue weighted by atomic mass is 16.5. The summed E-state index contributed by atoms with van der Waals surface area (Å²) in [6, 6.07) is 16.9. The van der Waals surface area contributed by atoms with Gasteiger partial charge in [-0.05, 0) is 47.4 Å². The first-order valence-corrected chi connectivity index (χ1v) is 10.7. The molecule has 3 heterocycles. The maximum absolute atomic E-state index is 13.7. The van der Waals surface area contributed by atoms with E-state index >= 15 is 0 Å². The van der Waals surface area contributed by atoms with Crippen LogP contribution in [0.25, 0.3) is 5.57 Å². The van der Waals surface area contributed by atoms with Crippen molar-refractivity contribution >= 4 is 23.1 Å². The van der Waals surface area contributed by atoms with Crippen molar-refractivity contribution in [3.8, 4) is 11.5 Å². The van der Waals surface area contributed by atoms with Gasteiger partial charge in [0.15, 0.2) is 11.5 Å². The number of rotatable bonds is 6. The number of ether oxygens (including phenoxy) is 2. The number of para-hydroxylation sites is 1. The van der Waals surface area contributed by atoms with E-state index in [0.29, 0.717) is 34.9 Å². The summed E-state index contributed by atoms with van der Waals surface area (Å²) in [5.41, 5.74) is 4.26. The van der Waals surface area contributed by atoms with Crippen LogP contribution in [0, 0.1) is 0 Å². The molecule has 3 aromatic rings. The lowest BCUT2D eigenvalue weighted by atomic mass is 10.0. The predicted molar refractivity (Wildman–Crippen MR) is 124 cm³/mol.